The largest absolute Gasteiger partial charge is 0.323 e. The highest BCUT2D eigenvalue weighted by Gasteiger charge is 2.01. The zero-order chi connectivity index (χ0) is 14.3. The van der Waals surface area contributed by atoms with Crippen molar-refractivity contribution >= 4 is 11.7 Å². The Morgan fingerprint density at radius 1 is 1.32 bits per heavy atom. The Bertz CT molecular complexity index is 515. The number of hydrogen-bond donors (Lipinski definition) is 2. The number of hydrogen-bond acceptors (Lipinski definition) is 1. The Hall–Kier alpha value is -2.29. The van der Waals surface area contributed by atoms with Crippen molar-refractivity contribution in [3.63, 3.8) is 0 Å². The van der Waals surface area contributed by atoms with Gasteiger partial charge in [0.1, 0.15) is 0 Å². The van der Waals surface area contributed by atoms with Crippen LogP contribution in [0, 0.1) is 6.92 Å². The third kappa shape index (κ3) is 5.73. The van der Waals surface area contributed by atoms with Gasteiger partial charge in [-0.05, 0) is 37.1 Å². The smallest absolute Gasteiger partial charge is 0.308 e. The highest BCUT2D eigenvalue weighted by Crippen LogP contribution is 2.09. The highest BCUT2D eigenvalue weighted by molar-refractivity contribution is 5.90. The van der Waals surface area contributed by atoms with Crippen LogP contribution in [0.25, 0.3) is 0 Å². The molecular formula is C16H20N2O. The van der Waals surface area contributed by atoms with E-state index in [2.05, 4.69) is 23.8 Å². The van der Waals surface area contributed by atoms with E-state index in [1.54, 1.807) is 6.08 Å². The Morgan fingerprint density at radius 3 is 2.68 bits per heavy atom. The van der Waals surface area contributed by atoms with Gasteiger partial charge in [0.2, 0.25) is 0 Å². The topological polar surface area (TPSA) is 41.1 Å². The summed E-state index contributed by atoms with van der Waals surface area (Å²) in [5.41, 5.74) is 3.37. The lowest BCUT2D eigenvalue weighted by molar-refractivity contribution is 0.254. The molecular weight excluding hydrogens is 236 g/mol. The number of carbonyl (C=O) groups excluding carboxylic acids is 1. The van der Waals surface area contributed by atoms with Crippen LogP contribution in [-0.4, -0.2) is 6.03 Å². The molecule has 0 saturated heterocycles. The molecule has 0 aliphatic carbocycles. The molecule has 100 valence electrons. The van der Waals surface area contributed by atoms with E-state index in [9.17, 15) is 4.79 Å². The Labute approximate surface area is 114 Å². The van der Waals surface area contributed by atoms with Gasteiger partial charge in [-0.15, -0.1) is 0 Å². The van der Waals surface area contributed by atoms with E-state index in [1.807, 2.05) is 44.2 Å². The molecule has 2 amide bonds. The first-order chi connectivity index (χ1) is 9.01. The molecule has 0 aliphatic rings. The van der Waals surface area contributed by atoms with Crippen LogP contribution in [0.1, 0.15) is 18.9 Å². The van der Waals surface area contributed by atoms with Crippen LogP contribution in [0.3, 0.4) is 0 Å². The maximum Gasteiger partial charge on any atom is 0.323 e. The third-order valence-electron chi connectivity index (χ3n) is 2.52. The number of rotatable bonds is 5. The predicted octanol–water partition coefficient (Wildman–Crippen LogP) is 4.15. The van der Waals surface area contributed by atoms with Gasteiger partial charge in [0.15, 0.2) is 0 Å². The lowest BCUT2D eigenvalue weighted by Gasteiger charge is -2.08. The summed E-state index contributed by atoms with van der Waals surface area (Å²) < 4.78 is 0. The molecule has 0 saturated carbocycles. The number of aryl methyl sites for hydroxylation is 1. The molecule has 0 heterocycles. The zero-order valence-electron chi connectivity index (χ0n) is 11.5. The van der Waals surface area contributed by atoms with Gasteiger partial charge in [0.05, 0.1) is 0 Å². The minimum atomic E-state index is -0.303. The van der Waals surface area contributed by atoms with E-state index < -0.39 is 0 Å². The minimum absolute atomic E-state index is 0.303. The maximum atomic E-state index is 11.7. The molecule has 0 aliphatic heterocycles. The summed E-state index contributed by atoms with van der Waals surface area (Å²) >= 11 is 0. The Morgan fingerprint density at radius 2 is 2.05 bits per heavy atom. The first kappa shape index (κ1) is 14.8. The molecule has 0 bridgehead atoms. The molecule has 0 aromatic heterocycles. The van der Waals surface area contributed by atoms with Crippen molar-refractivity contribution in [1.29, 1.82) is 0 Å². The molecule has 2 N–H and O–H groups in total. The van der Waals surface area contributed by atoms with E-state index in [0.717, 1.165) is 23.2 Å². The zero-order valence-corrected chi connectivity index (χ0v) is 11.5. The quantitative estimate of drug-likeness (QED) is 0.763. The lowest BCUT2D eigenvalue weighted by Crippen LogP contribution is -2.27. The molecule has 3 heteroatoms. The molecule has 1 aromatic carbocycles. The fourth-order valence-electron chi connectivity index (χ4n) is 1.41. The van der Waals surface area contributed by atoms with Crippen molar-refractivity contribution in [2.75, 3.05) is 5.32 Å². The van der Waals surface area contributed by atoms with Gasteiger partial charge in [0.25, 0.3) is 0 Å². The number of amides is 2. The second-order valence-electron chi connectivity index (χ2n) is 4.32. The van der Waals surface area contributed by atoms with Gasteiger partial charge in [-0.25, -0.2) is 4.79 Å². The Kier molecular flexibility index (Phi) is 5.61. The molecule has 1 aromatic rings. The van der Waals surface area contributed by atoms with Crippen LogP contribution in [-0.2, 0) is 0 Å². The lowest BCUT2D eigenvalue weighted by atomic mass is 10.2. The number of allylic oxidation sites excluding steroid dienone is 3. The predicted molar refractivity (Wildman–Crippen MR) is 81.0 cm³/mol. The third-order valence-corrected chi connectivity index (χ3v) is 2.52. The van der Waals surface area contributed by atoms with E-state index in [0.29, 0.717) is 5.70 Å². The summed E-state index contributed by atoms with van der Waals surface area (Å²) in [7, 11) is 0. The molecule has 0 unspecified atom stereocenters. The number of benzene rings is 1. The fraction of sp³-hybridized carbons (Fsp3) is 0.188. The van der Waals surface area contributed by atoms with Crippen LogP contribution in [0.15, 0.2) is 60.8 Å². The number of anilines is 1. The van der Waals surface area contributed by atoms with Crippen LogP contribution >= 0.6 is 0 Å². The van der Waals surface area contributed by atoms with E-state index in [1.165, 1.54) is 0 Å². The van der Waals surface area contributed by atoms with Crippen molar-refractivity contribution in [3.8, 4) is 0 Å². The summed E-state index contributed by atoms with van der Waals surface area (Å²) in [4.78, 5) is 11.7. The number of nitrogens with one attached hydrogen (secondary N) is 2. The van der Waals surface area contributed by atoms with Crippen LogP contribution in [0.5, 0.6) is 0 Å². The van der Waals surface area contributed by atoms with Gasteiger partial charge >= 0.3 is 6.03 Å². The number of urea groups is 1. The summed E-state index contributed by atoms with van der Waals surface area (Å²) in [6.45, 7) is 11.6. The van der Waals surface area contributed by atoms with E-state index in [4.69, 9.17) is 0 Å². The summed E-state index contributed by atoms with van der Waals surface area (Å²) in [6.07, 6.45) is 4.45. The van der Waals surface area contributed by atoms with Gasteiger partial charge in [-0.1, -0.05) is 43.9 Å². The van der Waals surface area contributed by atoms with E-state index >= 15 is 0 Å². The van der Waals surface area contributed by atoms with Gasteiger partial charge < -0.3 is 10.6 Å². The summed E-state index contributed by atoms with van der Waals surface area (Å²) in [5, 5.41) is 5.40. The van der Waals surface area contributed by atoms with E-state index in [-0.39, 0.29) is 6.03 Å². The minimum Gasteiger partial charge on any atom is -0.308 e. The first-order valence-corrected chi connectivity index (χ1v) is 6.20. The van der Waals surface area contributed by atoms with Crippen molar-refractivity contribution in [3.05, 3.63) is 66.4 Å². The van der Waals surface area contributed by atoms with Crippen molar-refractivity contribution < 1.29 is 4.79 Å². The molecule has 0 fully saturated rings. The SMILES string of the molecule is C=C(/C=C\C(=C)NC(=O)Nc1cccc(C)c1)CC. The van der Waals surface area contributed by atoms with Crippen LogP contribution < -0.4 is 10.6 Å². The molecule has 0 atom stereocenters. The first-order valence-electron chi connectivity index (χ1n) is 6.20. The standard InChI is InChI=1S/C16H20N2O/c1-5-12(2)9-10-14(4)17-16(19)18-15-8-6-7-13(3)11-15/h6-11H,2,4-5H2,1,3H3,(H2,17,18,19)/b10-9-. The van der Waals surface area contributed by atoms with Gasteiger partial charge in [-0.3, -0.25) is 0 Å². The van der Waals surface area contributed by atoms with Crippen LogP contribution in [0.4, 0.5) is 10.5 Å². The number of carbonyl (C=O) groups is 1. The maximum absolute atomic E-state index is 11.7. The Balaban J connectivity index is 2.49. The average Bonchev–Trinajstić information content (AvgIpc) is 2.35. The molecule has 0 radical (unpaired) electrons. The molecule has 0 spiro atoms. The second kappa shape index (κ2) is 7.21. The van der Waals surface area contributed by atoms with Gasteiger partial charge in [0, 0.05) is 11.4 Å². The summed E-state index contributed by atoms with van der Waals surface area (Å²) in [5.74, 6) is 0. The summed E-state index contributed by atoms with van der Waals surface area (Å²) in [6, 6.07) is 7.30. The molecule has 3 nitrogen and oxygen atoms in total. The highest BCUT2D eigenvalue weighted by atomic mass is 16.2. The normalized spacial score (nSPS) is 10.2. The average molecular weight is 256 g/mol. The second-order valence-corrected chi connectivity index (χ2v) is 4.32. The molecule has 19 heavy (non-hydrogen) atoms. The molecule has 1 rings (SSSR count). The van der Waals surface area contributed by atoms with Gasteiger partial charge in [-0.2, -0.15) is 0 Å². The monoisotopic (exact) mass is 256 g/mol. The van der Waals surface area contributed by atoms with Crippen molar-refractivity contribution in [2.45, 2.75) is 20.3 Å². The fourth-order valence-corrected chi connectivity index (χ4v) is 1.41. The van der Waals surface area contributed by atoms with Crippen molar-refractivity contribution in [1.82, 2.24) is 5.32 Å². The van der Waals surface area contributed by atoms with Crippen molar-refractivity contribution in [2.24, 2.45) is 0 Å². The van der Waals surface area contributed by atoms with Crippen LogP contribution in [0.2, 0.25) is 0 Å².